The molecule has 1 amide bonds. The predicted molar refractivity (Wildman–Crippen MR) is 87.6 cm³/mol. The van der Waals surface area contributed by atoms with Crippen LogP contribution in [0.4, 0.5) is 4.39 Å². The molecule has 0 radical (unpaired) electrons. The summed E-state index contributed by atoms with van der Waals surface area (Å²) >= 11 is 0. The van der Waals surface area contributed by atoms with E-state index in [1.54, 1.807) is 19.2 Å². The summed E-state index contributed by atoms with van der Waals surface area (Å²) in [5.74, 6) is -0.0326. The lowest BCUT2D eigenvalue weighted by Crippen LogP contribution is -2.20. The number of nitrogens with one attached hydrogen (secondary N) is 1. The van der Waals surface area contributed by atoms with Crippen molar-refractivity contribution in [3.63, 3.8) is 0 Å². The number of carbonyl (C=O) groups excluding carboxylic acids is 1. The Bertz CT molecular complexity index is 755. The second kappa shape index (κ2) is 6.41. The van der Waals surface area contributed by atoms with Crippen molar-refractivity contribution in [1.82, 2.24) is 5.32 Å². The largest absolute Gasteiger partial charge is 0.490 e. The first kappa shape index (κ1) is 15.5. The van der Waals surface area contributed by atoms with Gasteiger partial charge in [-0.1, -0.05) is 18.2 Å². The predicted octanol–water partition coefficient (Wildman–Crippen LogP) is 3.41. The van der Waals surface area contributed by atoms with E-state index in [-0.39, 0.29) is 11.7 Å². The van der Waals surface area contributed by atoms with Crippen LogP contribution in [0.5, 0.6) is 5.75 Å². The van der Waals surface area contributed by atoms with Crippen LogP contribution < -0.4 is 10.1 Å². The summed E-state index contributed by atoms with van der Waals surface area (Å²) in [7, 11) is 1.61. The van der Waals surface area contributed by atoms with Crippen molar-refractivity contribution in [2.45, 2.75) is 26.2 Å². The number of rotatable bonds is 3. The lowest BCUT2D eigenvalue weighted by Gasteiger charge is -2.22. The van der Waals surface area contributed by atoms with Crippen LogP contribution in [0.1, 0.15) is 39.0 Å². The molecule has 1 aliphatic heterocycles. The van der Waals surface area contributed by atoms with E-state index in [2.05, 4.69) is 5.32 Å². The third-order valence-corrected chi connectivity index (χ3v) is 4.41. The zero-order valence-corrected chi connectivity index (χ0v) is 13.4. The Balaban J connectivity index is 2.02. The van der Waals surface area contributed by atoms with E-state index >= 15 is 0 Å². The molecule has 1 N–H and O–H groups in total. The molecule has 0 aliphatic carbocycles. The molecular weight excluding hydrogens is 293 g/mol. The maximum atomic E-state index is 14.3. The fraction of sp³-hybridized carbons (Fsp3) is 0.316. The van der Waals surface area contributed by atoms with Crippen LogP contribution in [0.25, 0.3) is 0 Å². The number of fused-ring (bicyclic) bond motifs is 1. The number of halogens is 1. The van der Waals surface area contributed by atoms with Crippen LogP contribution in [-0.4, -0.2) is 19.6 Å². The number of benzene rings is 2. The van der Waals surface area contributed by atoms with Gasteiger partial charge in [-0.25, -0.2) is 4.39 Å². The Morgan fingerprint density at radius 3 is 2.87 bits per heavy atom. The molecule has 0 fully saturated rings. The van der Waals surface area contributed by atoms with Gasteiger partial charge in [0, 0.05) is 18.2 Å². The highest BCUT2D eigenvalue weighted by molar-refractivity contribution is 5.95. The molecule has 0 atom stereocenters. The van der Waals surface area contributed by atoms with Gasteiger partial charge in [-0.05, 0) is 55.0 Å². The van der Waals surface area contributed by atoms with Gasteiger partial charge in [-0.15, -0.1) is 0 Å². The molecule has 2 aromatic rings. The molecule has 1 aliphatic rings. The van der Waals surface area contributed by atoms with Gasteiger partial charge in [0.05, 0.1) is 6.61 Å². The number of ether oxygens (including phenoxy) is 1. The van der Waals surface area contributed by atoms with Gasteiger partial charge in [0.25, 0.3) is 5.91 Å². The summed E-state index contributed by atoms with van der Waals surface area (Å²) in [5, 5.41) is 2.65. The average molecular weight is 313 g/mol. The molecule has 0 spiro atoms. The molecule has 23 heavy (non-hydrogen) atoms. The minimum Gasteiger partial charge on any atom is -0.490 e. The molecule has 3 nitrogen and oxygen atoms in total. The minimum atomic E-state index is -0.308. The van der Waals surface area contributed by atoms with Crippen molar-refractivity contribution in [3.05, 3.63) is 64.0 Å². The van der Waals surface area contributed by atoms with E-state index < -0.39 is 0 Å². The van der Waals surface area contributed by atoms with Crippen LogP contribution in [0.3, 0.4) is 0 Å². The Morgan fingerprint density at radius 1 is 1.30 bits per heavy atom. The van der Waals surface area contributed by atoms with Crippen molar-refractivity contribution in [2.24, 2.45) is 0 Å². The van der Waals surface area contributed by atoms with Crippen molar-refractivity contribution < 1.29 is 13.9 Å². The van der Waals surface area contributed by atoms with Crippen molar-refractivity contribution in [3.8, 4) is 5.75 Å². The van der Waals surface area contributed by atoms with Crippen LogP contribution in [0.15, 0.2) is 30.3 Å². The van der Waals surface area contributed by atoms with E-state index in [9.17, 15) is 9.18 Å². The average Bonchev–Trinajstić information content (AvgIpc) is 2.59. The zero-order chi connectivity index (χ0) is 16.4. The summed E-state index contributed by atoms with van der Waals surface area (Å²) in [5.41, 5.74) is 4.45. The first-order valence-corrected chi connectivity index (χ1v) is 7.85. The van der Waals surface area contributed by atoms with E-state index in [4.69, 9.17) is 4.74 Å². The Hall–Kier alpha value is -2.36. The standard InChI is InChI=1S/C19H20FNO2/c1-12-14(11-17(20)18-15(12)8-5-9-23-18)10-13-6-3-4-7-16(13)19(22)21-2/h3-4,6-7,11H,5,8-10H2,1-2H3,(H,21,22). The van der Waals surface area contributed by atoms with Crippen LogP contribution in [0, 0.1) is 12.7 Å². The summed E-state index contributed by atoms with van der Waals surface area (Å²) in [6.45, 7) is 2.58. The van der Waals surface area contributed by atoms with Crippen molar-refractivity contribution in [2.75, 3.05) is 13.7 Å². The topological polar surface area (TPSA) is 38.3 Å². The fourth-order valence-corrected chi connectivity index (χ4v) is 3.13. The van der Waals surface area contributed by atoms with Gasteiger partial charge in [-0.3, -0.25) is 4.79 Å². The molecule has 4 heteroatoms. The van der Waals surface area contributed by atoms with Gasteiger partial charge >= 0.3 is 0 Å². The van der Waals surface area contributed by atoms with Gasteiger partial charge in [-0.2, -0.15) is 0 Å². The molecule has 0 bridgehead atoms. The normalized spacial score (nSPS) is 13.2. The summed E-state index contributed by atoms with van der Waals surface area (Å²) in [6.07, 6.45) is 2.27. The minimum absolute atomic E-state index is 0.125. The quantitative estimate of drug-likeness (QED) is 0.943. The number of amides is 1. The van der Waals surface area contributed by atoms with Gasteiger partial charge in [0.15, 0.2) is 11.6 Å². The van der Waals surface area contributed by atoms with E-state index in [1.807, 2.05) is 25.1 Å². The number of hydrogen-bond donors (Lipinski definition) is 1. The first-order valence-electron chi connectivity index (χ1n) is 7.85. The van der Waals surface area contributed by atoms with Crippen LogP contribution in [-0.2, 0) is 12.8 Å². The molecular formula is C19H20FNO2. The molecule has 0 unspecified atom stereocenters. The highest BCUT2D eigenvalue weighted by atomic mass is 19.1. The molecule has 1 heterocycles. The molecule has 2 aromatic carbocycles. The second-order valence-corrected chi connectivity index (χ2v) is 5.82. The second-order valence-electron chi connectivity index (χ2n) is 5.82. The highest BCUT2D eigenvalue weighted by Gasteiger charge is 2.21. The molecule has 0 aromatic heterocycles. The monoisotopic (exact) mass is 313 g/mol. The third kappa shape index (κ3) is 2.93. The molecule has 3 rings (SSSR count). The SMILES string of the molecule is CNC(=O)c1ccccc1Cc1cc(F)c2c(c1C)CCCO2. The van der Waals surface area contributed by atoms with Gasteiger partial charge < -0.3 is 10.1 Å². The molecule has 120 valence electrons. The Kier molecular flexibility index (Phi) is 4.33. The molecule has 0 saturated carbocycles. The maximum Gasteiger partial charge on any atom is 0.251 e. The van der Waals surface area contributed by atoms with Crippen LogP contribution >= 0.6 is 0 Å². The smallest absolute Gasteiger partial charge is 0.251 e. The van der Waals surface area contributed by atoms with Gasteiger partial charge in [0.2, 0.25) is 0 Å². The Labute approximate surface area is 135 Å². The summed E-state index contributed by atoms with van der Waals surface area (Å²) < 4.78 is 19.8. The maximum absolute atomic E-state index is 14.3. The third-order valence-electron chi connectivity index (χ3n) is 4.41. The fourth-order valence-electron chi connectivity index (χ4n) is 3.13. The highest BCUT2D eigenvalue weighted by Crippen LogP contribution is 2.34. The van der Waals surface area contributed by atoms with E-state index in [0.29, 0.717) is 24.3 Å². The zero-order valence-electron chi connectivity index (χ0n) is 13.4. The van der Waals surface area contributed by atoms with Gasteiger partial charge in [0.1, 0.15) is 0 Å². The van der Waals surface area contributed by atoms with Crippen molar-refractivity contribution >= 4 is 5.91 Å². The Morgan fingerprint density at radius 2 is 2.09 bits per heavy atom. The number of hydrogen-bond acceptors (Lipinski definition) is 2. The first-order chi connectivity index (χ1) is 11.1. The van der Waals surface area contributed by atoms with E-state index in [1.165, 1.54) is 0 Å². The molecule has 0 saturated heterocycles. The van der Waals surface area contributed by atoms with E-state index in [0.717, 1.165) is 35.1 Å². The summed E-state index contributed by atoms with van der Waals surface area (Å²) in [6, 6.07) is 8.98. The number of carbonyl (C=O) groups is 1. The summed E-state index contributed by atoms with van der Waals surface area (Å²) in [4.78, 5) is 12.0. The lowest BCUT2D eigenvalue weighted by molar-refractivity contribution is 0.0962. The van der Waals surface area contributed by atoms with Crippen molar-refractivity contribution in [1.29, 1.82) is 0 Å². The lowest BCUT2D eigenvalue weighted by atomic mass is 9.91. The van der Waals surface area contributed by atoms with Crippen LogP contribution in [0.2, 0.25) is 0 Å².